The molecule has 3 aromatic rings. The molecule has 1 aliphatic rings. The van der Waals surface area contributed by atoms with Crippen molar-refractivity contribution in [2.45, 2.75) is 30.6 Å². The van der Waals surface area contributed by atoms with Crippen LogP contribution in [0.1, 0.15) is 17.5 Å². The molecule has 4 rings (SSSR count). The Kier molecular flexibility index (Phi) is 9.51. The summed E-state index contributed by atoms with van der Waals surface area (Å²) in [5.41, 5.74) is 3.38. The monoisotopic (exact) mass is 598 g/mol. The number of nitrogens with zero attached hydrogens (tertiary/aromatic N) is 2. The third-order valence-corrected chi connectivity index (χ3v) is 7.55. The van der Waals surface area contributed by atoms with Crippen molar-refractivity contribution in [3.05, 3.63) is 69.0 Å². The Bertz CT molecular complexity index is 1360. The number of benzene rings is 2. The molecule has 0 bridgehead atoms. The summed E-state index contributed by atoms with van der Waals surface area (Å²) < 4.78 is 87.8. The number of aromatic nitrogens is 1. The van der Waals surface area contributed by atoms with Crippen molar-refractivity contribution >= 4 is 50.4 Å². The molecular weight excluding hydrogens is 579 g/mol. The molecule has 0 amide bonds. The summed E-state index contributed by atoms with van der Waals surface area (Å²) >= 11 is 7.51. The number of aliphatic carboxylic acids is 1. The first kappa shape index (κ1) is 29.5. The Morgan fingerprint density at radius 1 is 1.18 bits per heavy atom. The van der Waals surface area contributed by atoms with E-state index >= 15 is 0 Å². The molecule has 1 aliphatic heterocycles. The first-order valence-corrected chi connectivity index (χ1v) is 13.5. The van der Waals surface area contributed by atoms with Crippen LogP contribution in [0.25, 0.3) is 0 Å². The molecule has 0 saturated carbocycles. The van der Waals surface area contributed by atoms with Gasteiger partial charge in [0.1, 0.15) is 11.6 Å². The van der Waals surface area contributed by atoms with Crippen LogP contribution in [0, 0.1) is 11.6 Å². The predicted octanol–water partition coefficient (Wildman–Crippen LogP) is 5.33. The molecule has 0 radical (unpaired) electrons. The van der Waals surface area contributed by atoms with E-state index in [1.165, 1.54) is 17.3 Å². The van der Waals surface area contributed by atoms with E-state index in [1.54, 1.807) is 6.07 Å². The van der Waals surface area contributed by atoms with Crippen LogP contribution in [-0.4, -0.2) is 48.6 Å². The van der Waals surface area contributed by atoms with Crippen molar-refractivity contribution in [2.75, 3.05) is 23.1 Å². The van der Waals surface area contributed by atoms with Crippen molar-refractivity contribution in [1.82, 2.24) is 9.88 Å². The molecular formula is C22H20ClF5N4O4S2. The number of rotatable bonds is 8. The third-order valence-electron chi connectivity index (χ3n) is 5.21. The Morgan fingerprint density at radius 3 is 2.32 bits per heavy atom. The number of halogens is 6. The van der Waals surface area contributed by atoms with Gasteiger partial charge in [0.25, 0.3) is 10.0 Å². The predicted molar refractivity (Wildman–Crippen MR) is 132 cm³/mol. The number of likely N-dealkylation sites (tertiary alicyclic amines) is 1. The van der Waals surface area contributed by atoms with Gasteiger partial charge < -0.3 is 10.4 Å². The summed E-state index contributed by atoms with van der Waals surface area (Å²) in [4.78, 5) is 13.9. The highest BCUT2D eigenvalue weighted by molar-refractivity contribution is 7.92. The van der Waals surface area contributed by atoms with Crippen molar-refractivity contribution in [1.29, 1.82) is 0 Å². The molecule has 1 saturated heterocycles. The Hall–Kier alpha value is -3.01. The molecule has 38 heavy (non-hydrogen) atoms. The summed E-state index contributed by atoms with van der Waals surface area (Å²) in [6.45, 7) is 3.05. The molecule has 1 aromatic heterocycles. The lowest BCUT2D eigenvalue weighted by atomic mass is 10.0. The molecule has 0 atom stereocenters. The molecule has 0 spiro atoms. The van der Waals surface area contributed by atoms with E-state index in [9.17, 15) is 30.4 Å². The molecule has 0 unspecified atom stereocenters. The van der Waals surface area contributed by atoms with Gasteiger partial charge in [0.05, 0.1) is 5.51 Å². The van der Waals surface area contributed by atoms with Crippen LogP contribution in [0.3, 0.4) is 0 Å². The van der Waals surface area contributed by atoms with Gasteiger partial charge in [-0.15, -0.1) is 11.3 Å². The van der Waals surface area contributed by atoms with E-state index in [-0.39, 0.29) is 18.1 Å². The zero-order valence-corrected chi connectivity index (χ0v) is 21.6. The summed E-state index contributed by atoms with van der Waals surface area (Å²) in [7, 11) is -4.46. The molecule has 1 fully saturated rings. The fourth-order valence-electron chi connectivity index (χ4n) is 3.29. The average Bonchev–Trinajstić information content (AvgIpc) is 3.27. The second kappa shape index (κ2) is 12.2. The van der Waals surface area contributed by atoms with E-state index in [1.807, 2.05) is 12.1 Å². The summed E-state index contributed by atoms with van der Waals surface area (Å²) in [5, 5.41) is 12.0. The quantitative estimate of drug-likeness (QED) is 0.301. The van der Waals surface area contributed by atoms with Crippen LogP contribution < -0.4 is 10.0 Å². The van der Waals surface area contributed by atoms with E-state index in [0.29, 0.717) is 5.02 Å². The normalized spacial score (nSPS) is 13.7. The number of carboxylic acids is 1. The fraction of sp³-hybridized carbons (Fsp3) is 0.273. The highest BCUT2D eigenvalue weighted by Gasteiger charge is 2.38. The zero-order chi connectivity index (χ0) is 28.1. The van der Waals surface area contributed by atoms with Crippen LogP contribution in [0.2, 0.25) is 5.02 Å². The van der Waals surface area contributed by atoms with E-state index in [0.717, 1.165) is 54.2 Å². The number of hydrogen-bond acceptors (Lipinski definition) is 7. The molecule has 2 heterocycles. The van der Waals surface area contributed by atoms with Crippen molar-refractivity contribution in [2.24, 2.45) is 0 Å². The van der Waals surface area contributed by atoms with Crippen LogP contribution >= 0.6 is 22.9 Å². The first-order chi connectivity index (χ1) is 17.8. The first-order valence-electron chi connectivity index (χ1n) is 10.7. The summed E-state index contributed by atoms with van der Waals surface area (Å²) in [6, 6.07) is 7.51. The van der Waals surface area contributed by atoms with Gasteiger partial charge in [-0.25, -0.2) is 27.0 Å². The summed E-state index contributed by atoms with van der Waals surface area (Å²) in [5.74, 6) is -5.16. The number of sulfonamides is 1. The third kappa shape index (κ3) is 7.75. The van der Waals surface area contributed by atoms with Gasteiger partial charge in [0.2, 0.25) is 0 Å². The maximum atomic E-state index is 14.6. The molecule has 206 valence electrons. The largest absolute Gasteiger partial charge is 0.490 e. The average molecular weight is 599 g/mol. The van der Waals surface area contributed by atoms with E-state index < -0.39 is 38.7 Å². The van der Waals surface area contributed by atoms with Crippen LogP contribution in [0.4, 0.5) is 33.5 Å². The smallest absolute Gasteiger partial charge is 0.475 e. The Morgan fingerprint density at radius 2 is 1.82 bits per heavy atom. The standard InChI is InChI=1S/C20H19ClF2N4O2S2.C2HF3O2/c21-16-4-1-3-13(10-27-5-2-6-27)15(16)9-24-14-7-17(22)20(18(23)8-14)31(28,29)26-19-11-30-12-25-19;3-2(4,5)1(6)7/h1,3-4,7-8,11-12,24,26H,2,5-6,9-10H2;(H,6,7). The number of thiazole rings is 1. The van der Waals surface area contributed by atoms with Gasteiger partial charge in [0, 0.05) is 29.2 Å². The van der Waals surface area contributed by atoms with Gasteiger partial charge in [-0.3, -0.25) is 9.62 Å². The van der Waals surface area contributed by atoms with Crippen LogP contribution in [0.5, 0.6) is 0 Å². The molecule has 16 heteroatoms. The number of carboxylic acid groups (broad SMARTS) is 1. The highest BCUT2D eigenvalue weighted by atomic mass is 35.5. The Labute approximate surface area is 223 Å². The van der Waals surface area contributed by atoms with Crippen LogP contribution in [0.15, 0.2) is 46.1 Å². The number of anilines is 2. The number of nitrogens with one attached hydrogen (secondary N) is 2. The Balaban J connectivity index is 0.000000505. The fourth-order valence-corrected chi connectivity index (χ4v) is 5.23. The lowest BCUT2D eigenvalue weighted by Crippen LogP contribution is -2.36. The van der Waals surface area contributed by atoms with E-state index in [4.69, 9.17) is 21.5 Å². The minimum absolute atomic E-state index is 0.000507. The van der Waals surface area contributed by atoms with Gasteiger partial charge >= 0.3 is 12.1 Å². The summed E-state index contributed by atoms with van der Waals surface area (Å²) in [6.07, 6.45) is -3.92. The second-order valence-corrected chi connectivity index (χ2v) is 10.7. The maximum absolute atomic E-state index is 14.6. The number of hydrogen-bond donors (Lipinski definition) is 3. The molecule has 2 aromatic carbocycles. The number of carbonyl (C=O) groups is 1. The van der Waals surface area contributed by atoms with Gasteiger partial charge in [-0.2, -0.15) is 13.2 Å². The lowest BCUT2D eigenvalue weighted by molar-refractivity contribution is -0.192. The lowest BCUT2D eigenvalue weighted by Gasteiger charge is -2.31. The molecule has 8 nitrogen and oxygen atoms in total. The van der Waals surface area contributed by atoms with Gasteiger partial charge in [0.15, 0.2) is 10.7 Å². The van der Waals surface area contributed by atoms with Gasteiger partial charge in [-0.1, -0.05) is 23.7 Å². The zero-order valence-electron chi connectivity index (χ0n) is 19.2. The van der Waals surface area contributed by atoms with Crippen LogP contribution in [-0.2, 0) is 27.9 Å². The SMILES string of the molecule is O=C(O)C(F)(F)F.O=S(=O)(Nc1cscn1)c1c(F)cc(NCc2c(Cl)cccc2CN2CCC2)cc1F. The van der Waals surface area contributed by atoms with Crippen molar-refractivity contribution in [3.8, 4) is 0 Å². The molecule has 0 aliphatic carbocycles. The highest BCUT2D eigenvalue weighted by Crippen LogP contribution is 2.28. The van der Waals surface area contributed by atoms with Gasteiger partial charge in [-0.05, 0) is 48.8 Å². The number of alkyl halides is 3. The second-order valence-electron chi connectivity index (χ2n) is 7.91. The maximum Gasteiger partial charge on any atom is 0.490 e. The van der Waals surface area contributed by atoms with Crippen molar-refractivity contribution in [3.63, 3.8) is 0 Å². The van der Waals surface area contributed by atoms with E-state index in [2.05, 4.69) is 19.9 Å². The minimum Gasteiger partial charge on any atom is -0.475 e. The topological polar surface area (TPSA) is 112 Å². The minimum atomic E-state index is -5.08. The van der Waals surface area contributed by atoms with Crippen molar-refractivity contribution < 1.29 is 40.3 Å². The molecule has 3 N–H and O–H groups in total.